The normalized spacial score (nSPS) is 13.5. The standard InChI is InChI=1S/C17H28OSi/c1-7-11-16(14-15-12-9-8-10-13-15)18-19(5,6)17(2,3)4/h8-13H,7,14H2,1-6H3/b16-11-. The molecule has 1 nitrogen and oxygen atoms in total. The average molecular weight is 276 g/mol. The van der Waals surface area contributed by atoms with E-state index in [1.165, 1.54) is 5.56 Å². The molecule has 1 rings (SSSR count). The van der Waals surface area contributed by atoms with Gasteiger partial charge in [0, 0.05) is 6.42 Å². The first-order chi connectivity index (χ1) is 8.76. The maximum Gasteiger partial charge on any atom is 0.250 e. The van der Waals surface area contributed by atoms with Crippen LogP contribution < -0.4 is 0 Å². The molecule has 0 bridgehead atoms. The molecule has 0 aliphatic rings. The van der Waals surface area contributed by atoms with Gasteiger partial charge in [-0.2, -0.15) is 0 Å². The first-order valence-electron chi connectivity index (χ1n) is 7.18. The third-order valence-corrected chi connectivity index (χ3v) is 8.23. The molecular formula is C17H28OSi. The third kappa shape index (κ3) is 4.87. The predicted octanol–water partition coefficient (Wildman–Crippen LogP) is 5.54. The Balaban J connectivity index is 2.83. The fourth-order valence-corrected chi connectivity index (χ4v) is 2.77. The summed E-state index contributed by atoms with van der Waals surface area (Å²) in [6.07, 6.45) is 4.16. The van der Waals surface area contributed by atoms with E-state index in [-0.39, 0.29) is 5.04 Å². The Bertz CT molecular complexity index is 413. The highest BCUT2D eigenvalue weighted by Crippen LogP contribution is 2.38. The average Bonchev–Trinajstić information content (AvgIpc) is 2.28. The van der Waals surface area contributed by atoms with Gasteiger partial charge in [-0.05, 0) is 36.2 Å². The van der Waals surface area contributed by atoms with E-state index in [1.54, 1.807) is 0 Å². The molecule has 0 unspecified atom stereocenters. The van der Waals surface area contributed by atoms with Crippen molar-refractivity contribution < 1.29 is 4.43 Å². The number of allylic oxidation sites excluding steroid dienone is 2. The summed E-state index contributed by atoms with van der Waals surface area (Å²) in [5.41, 5.74) is 1.32. The number of benzene rings is 1. The maximum atomic E-state index is 6.45. The smallest absolute Gasteiger partial charge is 0.250 e. The highest BCUT2D eigenvalue weighted by Gasteiger charge is 2.39. The van der Waals surface area contributed by atoms with Gasteiger partial charge in [0.1, 0.15) is 0 Å². The lowest BCUT2D eigenvalue weighted by Crippen LogP contribution is -2.40. The molecule has 0 aliphatic carbocycles. The molecule has 106 valence electrons. The highest BCUT2D eigenvalue weighted by atomic mass is 28.4. The van der Waals surface area contributed by atoms with Crippen LogP contribution in [0.4, 0.5) is 0 Å². The molecule has 0 atom stereocenters. The van der Waals surface area contributed by atoms with E-state index in [4.69, 9.17) is 4.43 Å². The number of hydrogen-bond donors (Lipinski definition) is 0. The molecule has 0 spiro atoms. The van der Waals surface area contributed by atoms with Crippen LogP contribution in [0.3, 0.4) is 0 Å². The molecule has 0 heterocycles. The van der Waals surface area contributed by atoms with Crippen LogP contribution in [0.2, 0.25) is 18.1 Å². The molecule has 0 aliphatic heterocycles. The Labute approximate surface area is 119 Å². The predicted molar refractivity (Wildman–Crippen MR) is 86.8 cm³/mol. The molecule has 0 aromatic heterocycles. The van der Waals surface area contributed by atoms with Crippen molar-refractivity contribution in [3.8, 4) is 0 Å². The molecule has 0 amide bonds. The van der Waals surface area contributed by atoms with Gasteiger partial charge in [0.25, 0.3) is 0 Å². The topological polar surface area (TPSA) is 9.23 Å². The van der Waals surface area contributed by atoms with Crippen molar-refractivity contribution in [2.24, 2.45) is 0 Å². The van der Waals surface area contributed by atoms with Gasteiger partial charge in [0.15, 0.2) is 0 Å². The van der Waals surface area contributed by atoms with Crippen LogP contribution in [0, 0.1) is 0 Å². The summed E-state index contributed by atoms with van der Waals surface area (Å²) in [5.74, 6) is 1.14. The van der Waals surface area contributed by atoms with Crippen LogP contribution in [0.25, 0.3) is 0 Å². The third-order valence-electron chi connectivity index (χ3n) is 3.85. The molecule has 0 saturated heterocycles. The fraction of sp³-hybridized carbons (Fsp3) is 0.529. The summed E-state index contributed by atoms with van der Waals surface area (Å²) in [5, 5.41) is 0.247. The van der Waals surface area contributed by atoms with Gasteiger partial charge < -0.3 is 4.43 Å². The Hall–Kier alpha value is -1.02. The zero-order valence-electron chi connectivity index (χ0n) is 13.3. The van der Waals surface area contributed by atoms with Crippen molar-refractivity contribution in [3.05, 3.63) is 47.7 Å². The second kappa shape index (κ2) is 6.42. The Morgan fingerprint density at radius 1 is 1.16 bits per heavy atom. The van der Waals surface area contributed by atoms with Gasteiger partial charge in [0.05, 0.1) is 5.76 Å². The minimum atomic E-state index is -1.73. The van der Waals surface area contributed by atoms with Crippen LogP contribution in [0.5, 0.6) is 0 Å². The van der Waals surface area contributed by atoms with Crippen LogP contribution in [-0.4, -0.2) is 8.32 Å². The summed E-state index contributed by atoms with van der Waals surface area (Å²) in [6.45, 7) is 13.6. The monoisotopic (exact) mass is 276 g/mol. The van der Waals surface area contributed by atoms with Gasteiger partial charge in [-0.3, -0.25) is 0 Å². The largest absolute Gasteiger partial charge is 0.546 e. The van der Waals surface area contributed by atoms with Crippen molar-refractivity contribution >= 4 is 8.32 Å². The van der Waals surface area contributed by atoms with Gasteiger partial charge in [0.2, 0.25) is 8.32 Å². The van der Waals surface area contributed by atoms with Crippen LogP contribution in [-0.2, 0) is 10.8 Å². The zero-order chi connectivity index (χ0) is 14.5. The minimum Gasteiger partial charge on any atom is -0.546 e. The van der Waals surface area contributed by atoms with E-state index in [0.29, 0.717) is 0 Å². The minimum absolute atomic E-state index is 0.247. The van der Waals surface area contributed by atoms with Gasteiger partial charge in [-0.1, -0.05) is 58.0 Å². The SMILES string of the molecule is CC/C=C(/Cc1ccccc1)O[Si](C)(C)C(C)(C)C. The van der Waals surface area contributed by atoms with Crippen molar-refractivity contribution in [3.63, 3.8) is 0 Å². The van der Waals surface area contributed by atoms with E-state index >= 15 is 0 Å². The van der Waals surface area contributed by atoms with E-state index < -0.39 is 8.32 Å². The second-order valence-corrected chi connectivity index (χ2v) is 11.3. The molecule has 0 radical (unpaired) electrons. The van der Waals surface area contributed by atoms with Gasteiger partial charge in [-0.25, -0.2) is 0 Å². The van der Waals surface area contributed by atoms with E-state index in [2.05, 4.69) is 77.2 Å². The highest BCUT2D eigenvalue weighted by molar-refractivity contribution is 6.74. The first kappa shape index (κ1) is 16.0. The van der Waals surface area contributed by atoms with Crippen molar-refractivity contribution in [1.82, 2.24) is 0 Å². The lowest BCUT2D eigenvalue weighted by atomic mass is 10.1. The van der Waals surface area contributed by atoms with E-state index in [0.717, 1.165) is 18.6 Å². The van der Waals surface area contributed by atoms with Gasteiger partial charge >= 0.3 is 0 Å². The van der Waals surface area contributed by atoms with E-state index in [1.807, 2.05) is 0 Å². The summed E-state index contributed by atoms with van der Waals surface area (Å²) in [7, 11) is -1.73. The molecular weight excluding hydrogens is 248 g/mol. The maximum absolute atomic E-state index is 6.45. The molecule has 0 fully saturated rings. The molecule has 0 N–H and O–H groups in total. The summed E-state index contributed by atoms with van der Waals surface area (Å²) >= 11 is 0. The molecule has 2 heteroatoms. The quantitative estimate of drug-likeness (QED) is 0.506. The lowest BCUT2D eigenvalue weighted by Gasteiger charge is -2.37. The summed E-state index contributed by atoms with van der Waals surface area (Å²) < 4.78 is 6.45. The van der Waals surface area contributed by atoms with Crippen LogP contribution in [0.1, 0.15) is 39.7 Å². The molecule has 1 aromatic carbocycles. The van der Waals surface area contributed by atoms with Crippen molar-refractivity contribution in [2.45, 2.75) is 58.7 Å². The first-order valence-corrected chi connectivity index (χ1v) is 10.1. The Morgan fingerprint density at radius 3 is 2.21 bits per heavy atom. The molecule has 19 heavy (non-hydrogen) atoms. The van der Waals surface area contributed by atoms with E-state index in [9.17, 15) is 0 Å². The Kier molecular flexibility index (Phi) is 5.42. The number of rotatable bonds is 5. The van der Waals surface area contributed by atoms with Crippen LogP contribution >= 0.6 is 0 Å². The fourth-order valence-electron chi connectivity index (χ4n) is 1.66. The molecule has 0 saturated carbocycles. The molecule has 1 aromatic rings. The zero-order valence-corrected chi connectivity index (χ0v) is 14.3. The van der Waals surface area contributed by atoms with Gasteiger partial charge in [-0.15, -0.1) is 0 Å². The number of hydrogen-bond acceptors (Lipinski definition) is 1. The Morgan fingerprint density at radius 2 is 1.74 bits per heavy atom. The van der Waals surface area contributed by atoms with Crippen molar-refractivity contribution in [1.29, 1.82) is 0 Å². The van der Waals surface area contributed by atoms with Crippen LogP contribution in [0.15, 0.2) is 42.2 Å². The second-order valence-electron chi connectivity index (χ2n) is 6.60. The summed E-state index contributed by atoms with van der Waals surface area (Å²) in [4.78, 5) is 0. The summed E-state index contributed by atoms with van der Waals surface area (Å²) in [6, 6.07) is 10.6. The van der Waals surface area contributed by atoms with Crippen molar-refractivity contribution in [2.75, 3.05) is 0 Å². The lowest BCUT2D eigenvalue weighted by molar-refractivity contribution is 0.372.